The van der Waals surface area contributed by atoms with Crippen LogP contribution in [0.15, 0.2) is 12.1 Å². The van der Waals surface area contributed by atoms with Crippen molar-refractivity contribution in [1.29, 1.82) is 0 Å². The monoisotopic (exact) mass is 289 g/mol. The Balaban J connectivity index is 0.00000141. The third-order valence-electron chi connectivity index (χ3n) is 3.41. The molecule has 1 aromatic carbocycles. The Labute approximate surface area is 131 Å². The van der Waals surface area contributed by atoms with Gasteiger partial charge in [0.05, 0.1) is 20.1 Å². The first kappa shape index (κ1) is 17.6. The molecule has 21 heavy (non-hydrogen) atoms. The molecule has 0 saturated carbocycles. The number of benzene rings is 1. The summed E-state index contributed by atoms with van der Waals surface area (Å²) in [4.78, 5) is 11.9. The van der Waals surface area contributed by atoms with Crippen LogP contribution in [0.5, 0.6) is 5.75 Å². The Bertz CT molecular complexity index is 466. The van der Waals surface area contributed by atoms with Crippen LogP contribution in [0.3, 0.4) is 0 Å². The molecule has 0 aliphatic carbocycles. The second-order valence-electron chi connectivity index (χ2n) is 4.90. The molecule has 2 radical (unpaired) electrons. The van der Waals surface area contributed by atoms with E-state index in [1.54, 1.807) is 0 Å². The van der Waals surface area contributed by atoms with Gasteiger partial charge in [-0.3, -0.25) is 4.79 Å². The smallest absolute Gasteiger partial charge is 0.224 e. The van der Waals surface area contributed by atoms with E-state index in [9.17, 15) is 4.79 Å². The summed E-state index contributed by atoms with van der Waals surface area (Å²) in [5.74, 6) is 0.873. The first-order valence-electron chi connectivity index (χ1n) is 8.03. The summed E-state index contributed by atoms with van der Waals surface area (Å²) in [5, 5.41) is 2.96. The van der Waals surface area contributed by atoms with Gasteiger partial charge in [-0.25, -0.2) is 0 Å². The Morgan fingerprint density at radius 2 is 2.05 bits per heavy atom. The number of nitrogens with one attached hydrogen (secondary N) is 1. The molecule has 0 saturated heterocycles. The van der Waals surface area contributed by atoms with Gasteiger partial charge >= 0.3 is 0 Å². The minimum absolute atomic E-state index is 0. The van der Waals surface area contributed by atoms with Gasteiger partial charge in [0, 0.05) is 7.85 Å². The molecule has 0 unspecified atom stereocenters. The van der Waals surface area contributed by atoms with Crippen molar-refractivity contribution in [1.82, 2.24) is 0 Å². The minimum atomic E-state index is 0. The number of amides is 1. The molecule has 0 bridgehead atoms. The van der Waals surface area contributed by atoms with E-state index in [0.29, 0.717) is 19.3 Å². The van der Waals surface area contributed by atoms with E-state index >= 15 is 0 Å². The van der Waals surface area contributed by atoms with Gasteiger partial charge < -0.3 is 10.1 Å². The van der Waals surface area contributed by atoms with Crippen molar-refractivity contribution < 1.29 is 11.0 Å². The number of carbonyl (C=O) groups is 1. The van der Waals surface area contributed by atoms with Crippen molar-refractivity contribution in [2.75, 3.05) is 11.9 Å². The van der Waals surface area contributed by atoms with Crippen LogP contribution in [0.25, 0.3) is 0 Å². The van der Waals surface area contributed by atoms with Crippen molar-refractivity contribution in [3.63, 3.8) is 0 Å². The van der Waals surface area contributed by atoms with Crippen molar-refractivity contribution in [3.05, 3.63) is 23.3 Å². The molecule has 0 aromatic heterocycles. The molecule has 0 atom stereocenters. The third-order valence-corrected chi connectivity index (χ3v) is 3.41. The van der Waals surface area contributed by atoms with Crippen molar-refractivity contribution in [2.24, 2.45) is 0 Å². The molecule has 1 aliphatic heterocycles. The average molecular weight is 289 g/mol. The fraction of sp³-hybridized carbons (Fsp3) is 0.588. The largest absolute Gasteiger partial charge is 0.491 e. The first-order chi connectivity index (χ1) is 10.2. The maximum absolute atomic E-state index is 11.9. The molecular formula is C17H28BNO2. The highest BCUT2D eigenvalue weighted by Crippen LogP contribution is 2.32. The van der Waals surface area contributed by atoms with Crippen LogP contribution in [-0.4, -0.2) is 20.4 Å². The quantitative estimate of drug-likeness (QED) is 0.833. The lowest BCUT2D eigenvalue weighted by atomic mass is 9.94. The molecule has 4 heteroatoms. The lowest BCUT2D eigenvalue weighted by molar-refractivity contribution is -0.116. The molecule has 2 rings (SSSR count). The fourth-order valence-corrected chi connectivity index (χ4v) is 2.35. The number of anilines is 1. The summed E-state index contributed by atoms with van der Waals surface area (Å²) in [6, 6.07) is 3.99. The standard InChI is InChI=1S/C15H20BNO2.C2H6.H2/c1-2-12-8-11(10-16)9-13-15(12)19-7-5-3-4-6-14(18)17-13;1-2;/h8-9H,2-7,10H2,1H3,(H,17,18);1-2H3;1H. The summed E-state index contributed by atoms with van der Waals surface area (Å²) in [7, 11) is 5.71. The SMILES string of the molecule is CC.[B]Cc1cc(CC)c2c(c1)NC(=O)CCCCCO2.[HH]. The number of hydrogen-bond donors (Lipinski definition) is 1. The van der Waals surface area contributed by atoms with Gasteiger partial charge in [0.15, 0.2) is 0 Å². The number of hydrogen-bond acceptors (Lipinski definition) is 2. The molecule has 0 spiro atoms. The van der Waals surface area contributed by atoms with Gasteiger partial charge in [-0.1, -0.05) is 38.7 Å². The zero-order valence-corrected chi connectivity index (χ0v) is 13.5. The lowest BCUT2D eigenvalue weighted by Gasteiger charge is -2.19. The van der Waals surface area contributed by atoms with Crippen LogP contribution in [0, 0.1) is 0 Å². The summed E-state index contributed by atoms with van der Waals surface area (Å²) in [6.45, 7) is 6.79. The Morgan fingerprint density at radius 3 is 2.71 bits per heavy atom. The second kappa shape index (κ2) is 9.48. The summed E-state index contributed by atoms with van der Waals surface area (Å²) >= 11 is 0. The third kappa shape index (κ3) is 5.11. The number of fused-ring (bicyclic) bond motifs is 1. The van der Waals surface area contributed by atoms with E-state index in [1.807, 2.05) is 19.9 Å². The zero-order chi connectivity index (χ0) is 15.7. The van der Waals surface area contributed by atoms with E-state index in [4.69, 9.17) is 12.6 Å². The number of carbonyl (C=O) groups excluding carboxylic acids is 1. The van der Waals surface area contributed by atoms with E-state index in [1.165, 1.54) is 0 Å². The first-order valence-corrected chi connectivity index (χ1v) is 8.03. The maximum atomic E-state index is 11.9. The van der Waals surface area contributed by atoms with Gasteiger partial charge in [0.25, 0.3) is 0 Å². The zero-order valence-electron chi connectivity index (χ0n) is 13.5. The number of ether oxygens (including phenoxy) is 1. The van der Waals surface area contributed by atoms with Gasteiger partial charge in [0.2, 0.25) is 5.91 Å². The molecular weight excluding hydrogens is 261 g/mol. The Hall–Kier alpha value is -1.45. The van der Waals surface area contributed by atoms with E-state index < -0.39 is 0 Å². The van der Waals surface area contributed by atoms with Gasteiger partial charge in [-0.05, 0) is 37.3 Å². The molecule has 1 amide bonds. The fourth-order valence-electron chi connectivity index (χ4n) is 2.35. The lowest BCUT2D eigenvalue weighted by Crippen LogP contribution is -2.15. The average Bonchev–Trinajstić information content (AvgIpc) is 2.53. The van der Waals surface area contributed by atoms with E-state index in [-0.39, 0.29) is 7.33 Å². The summed E-state index contributed by atoms with van der Waals surface area (Å²) < 4.78 is 5.88. The molecule has 116 valence electrons. The molecule has 1 aliphatic rings. The van der Waals surface area contributed by atoms with E-state index in [0.717, 1.165) is 48.2 Å². The second-order valence-corrected chi connectivity index (χ2v) is 4.90. The van der Waals surface area contributed by atoms with Crippen molar-refractivity contribution >= 4 is 19.4 Å². The predicted molar refractivity (Wildman–Crippen MR) is 91.3 cm³/mol. The van der Waals surface area contributed by atoms with Gasteiger partial charge in [-0.15, -0.1) is 0 Å². The molecule has 0 fully saturated rings. The van der Waals surface area contributed by atoms with Gasteiger partial charge in [0.1, 0.15) is 5.75 Å². The van der Waals surface area contributed by atoms with Crippen molar-refractivity contribution in [2.45, 2.75) is 59.2 Å². The van der Waals surface area contributed by atoms with Crippen molar-refractivity contribution in [3.8, 4) is 5.75 Å². The highest BCUT2D eigenvalue weighted by Gasteiger charge is 2.14. The molecule has 1 N–H and O–H groups in total. The van der Waals surface area contributed by atoms with Crippen LogP contribution in [0.2, 0.25) is 0 Å². The number of aryl methyl sites for hydroxylation is 1. The van der Waals surface area contributed by atoms with Crippen LogP contribution in [0.4, 0.5) is 5.69 Å². The highest BCUT2D eigenvalue weighted by atomic mass is 16.5. The Morgan fingerprint density at radius 1 is 1.29 bits per heavy atom. The maximum Gasteiger partial charge on any atom is 0.224 e. The highest BCUT2D eigenvalue weighted by molar-refractivity contribution is 6.08. The minimum Gasteiger partial charge on any atom is -0.491 e. The predicted octanol–water partition coefficient (Wildman–Crippen LogP) is 4.08. The molecule has 1 heterocycles. The normalized spacial score (nSPS) is 14.9. The van der Waals surface area contributed by atoms with Crippen LogP contribution in [0.1, 0.15) is 59.0 Å². The molecule has 1 aromatic rings. The van der Waals surface area contributed by atoms with Gasteiger partial charge in [-0.2, -0.15) is 0 Å². The van der Waals surface area contributed by atoms with Crippen LogP contribution >= 0.6 is 0 Å². The summed E-state index contributed by atoms with van der Waals surface area (Å²) in [6.07, 6.45) is 4.86. The summed E-state index contributed by atoms with van der Waals surface area (Å²) in [5.41, 5.74) is 2.90. The number of rotatable bonds is 2. The molecule has 3 nitrogen and oxygen atoms in total. The van der Waals surface area contributed by atoms with E-state index in [2.05, 4.69) is 18.3 Å². The van der Waals surface area contributed by atoms with Crippen LogP contribution < -0.4 is 10.1 Å². The Kier molecular flexibility index (Phi) is 7.95. The topological polar surface area (TPSA) is 38.3 Å². The van der Waals surface area contributed by atoms with Crippen LogP contribution in [-0.2, 0) is 17.5 Å².